The lowest BCUT2D eigenvalue weighted by Crippen LogP contribution is -1.97. The number of rotatable bonds is 2. The number of hydrogen-bond acceptors (Lipinski definition) is 2. The van der Waals surface area contributed by atoms with Gasteiger partial charge in [-0.2, -0.15) is 0 Å². The summed E-state index contributed by atoms with van der Waals surface area (Å²) in [6.07, 6.45) is 0. The molecule has 76 valence electrons. The summed E-state index contributed by atoms with van der Waals surface area (Å²) in [6, 6.07) is 10.6. The summed E-state index contributed by atoms with van der Waals surface area (Å²) >= 11 is 12.8. The van der Waals surface area contributed by atoms with Crippen LogP contribution in [-0.2, 0) is 0 Å². The number of carbonyl (C=O) groups is 1. The van der Waals surface area contributed by atoms with E-state index in [2.05, 4.69) is 0 Å². The molecule has 2 rings (SSSR count). The minimum Gasteiger partial charge on any atom is -0.288 e. The fraction of sp³-hybridized carbons (Fsp3) is 0. The van der Waals surface area contributed by atoms with E-state index in [0.717, 1.165) is 0 Å². The Balaban J connectivity index is 2.37. The average Bonchev–Trinajstić information content (AvgIpc) is 2.59. The van der Waals surface area contributed by atoms with E-state index < -0.39 is 0 Å². The normalized spacial score (nSPS) is 10.3. The monoisotopic (exact) mass is 256 g/mol. The maximum atomic E-state index is 11.9. The Bertz CT molecular complexity index is 471. The molecule has 0 aliphatic rings. The van der Waals surface area contributed by atoms with E-state index in [1.807, 2.05) is 18.2 Å². The van der Waals surface area contributed by atoms with Crippen molar-refractivity contribution in [3.8, 4) is 0 Å². The first-order valence-electron chi connectivity index (χ1n) is 4.23. The van der Waals surface area contributed by atoms with Gasteiger partial charge in [0.05, 0.1) is 9.90 Å². The van der Waals surface area contributed by atoms with Gasteiger partial charge < -0.3 is 0 Å². The molecule has 0 saturated carbocycles. The lowest BCUT2D eigenvalue weighted by molar-refractivity contribution is 0.104. The number of benzene rings is 1. The molecule has 0 amide bonds. The zero-order valence-corrected chi connectivity index (χ0v) is 9.86. The highest BCUT2D eigenvalue weighted by Crippen LogP contribution is 2.32. The molecule has 1 nitrogen and oxygen atoms in total. The lowest BCUT2D eigenvalue weighted by atomic mass is 10.1. The molecule has 1 aromatic carbocycles. The summed E-state index contributed by atoms with van der Waals surface area (Å²) in [5.74, 6) is -0.0469. The van der Waals surface area contributed by atoms with Crippen LogP contribution in [0, 0.1) is 0 Å². The van der Waals surface area contributed by atoms with Gasteiger partial charge in [-0.1, -0.05) is 53.5 Å². The molecule has 0 aliphatic heterocycles. The molecule has 0 unspecified atom stereocenters. The molecule has 0 spiro atoms. The van der Waals surface area contributed by atoms with Gasteiger partial charge in [0.2, 0.25) is 5.78 Å². The SMILES string of the molecule is O=C(c1ccccc1)c1cc(Cl)c(Cl)s1. The first-order valence-corrected chi connectivity index (χ1v) is 5.80. The molecular formula is C11H6Cl2OS. The topological polar surface area (TPSA) is 17.1 Å². The summed E-state index contributed by atoms with van der Waals surface area (Å²) in [5, 5.41) is 0.431. The standard InChI is InChI=1S/C11H6Cl2OS/c12-8-6-9(15-11(8)13)10(14)7-4-2-1-3-5-7/h1-6H. The van der Waals surface area contributed by atoms with Gasteiger partial charge in [-0.05, 0) is 6.07 Å². The summed E-state index contributed by atoms with van der Waals surface area (Å²) in [5.41, 5.74) is 0.645. The van der Waals surface area contributed by atoms with Gasteiger partial charge in [0, 0.05) is 5.56 Å². The van der Waals surface area contributed by atoms with E-state index in [0.29, 0.717) is 19.8 Å². The Labute approximate surface area is 101 Å². The highest BCUT2D eigenvalue weighted by atomic mass is 35.5. The average molecular weight is 257 g/mol. The number of halogens is 2. The third-order valence-corrected chi connectivity index (χ3v) is 3.77. The van der Waals surface area contributed by atoms with Crippen molar-refractivity contribution in [2.75, 3.05) is 0 Å². The molecule has 4 heteroatoms. The molecule has 15 heavy (non-hydrogen) atoms. The molecule has 2 aromatic rings. The van der Waals surface area contributed by atoms with E-state index in [1.165, 1.54) is 11.3 Å². The summed E-state index contributed by atoms with van der Waals surface area (Å²) in [4.78, 5) is 12.5. The quantitative estimate of drug-likeness (QED) is 0.733. The number of ketones is 1. The van der Waals surface area contributed by atoms with Crippen molar-refractivity contribution >= 4 is 40.3 Å². The van der Waals surface area contributed by atoms with Crippen LogP contribution in [0.25, 0.3) is 0 Å². The molecule has 0 aliphatic carbocycles. The van der Waals surface area contributed by atoms with E-state index in [4.69, 9.17) is 23.2 Å². The number of hydrogen-bond donors (Lipinski definition) is 0. The second-order valence-electron chi connectivity index (χ2n) is 2.93. The van der Waals surface area contributed by atoms with Crippen LogP contribution in [0.1, 0.15) is 15.2 Å². The van der Waals surface area contributed by atoms with Crippen molar-refractivity contribution in [2.24, 2.45) is 0 Å². The molecule has 0 N–H and O–H groups in total. The van der Waals surface area contributed by atoms with Crippen LogP contribution >= 0.6 is 34.5 Å². The fourth-order valence-corrected chi connectivity index (χ4v) is 2.52. The predicted molar refractivity (Wildman–Crippen MR) is 64.2 cm³/mol. The largest absolute Gasteiger partial charge is 0.288 e. The second-order valence-corrected chi connectivity index (χ2v) is 4.99. The van der Waals surface area contributed by atoms with E-state index in [1.54, 1.807) is 18.2 Å². The Morgan fingerprint density at radius 2 is 1.80 bits per heavy atom. The minimum atomic E-state index is -0.0469. The summed E-state index contributed by atoms with van der Waals surface area (Å²) in [6.45, 7) is 0. The summed E-state index contributed by atoms with van der Waals surface area (Å²) < 4.78 is 0.455. The predicted octanol–water partition coefficient (Wildman–Crippen LogP) is 4.29. The zero-order chi connectivity index (χ0) is 10.8. The maximum Gasteiger partial charge on any atom is 0.203 e. The van der Waals surface area contributed by atoms with Crippen molar-refractivity contribution in [3.05, 3.63) is 56.2 Å². The molecule has 0 saturated heterocycles. The first kappa shape index (κ1) is 10.7. The highest BCUT2D eigenvalue weighted by molar-refractivity contribution is 7.18. The number of thiophene rings is 1. The Morgan fingerprint density at radius 3 is 2.33 bits per heavy atom. The van der Waals surface area contributed by atoms with E-state index >= 15 is 0 Å². The van der Waals surface area contributed by atoms with Gasteiger partial charge in [-0.25, -0.2) is 0 Å². The minimum absolute atomic E-state index is 0.0469. The van der Waals surface area contributed by atoms with Gasteiger partial charge in [0.25, 0.3) is 0 Å². The van der Waals surface area contributed by atoms with Crippen LogP contribution in [-0.4, -0.2) is 5.78 Å². The van der Waals surface area contributed by atoms with E-state index in [9.17, 15) is 4.79 Å². The van der Waals surface area contributed by atoms with Crippen molar-refractivity contribution in [3.63, 3.8) is 0 Å². The van der Waals surface area contributed by atoms with E-state index in [-0.39, 0.29) is 5.78 Å². The Morgan fingerprint density at radius 1 is 1.13 bits per heavy atom. The molecule has 0 atom stereocenters. The van der Waals surface area contributed by atoms with Crippen LogP contribution in [0.5, 0.6) is 0 Å². The van der Waals surface area contributed by atoms with Crippen molar-refractivity contribution in [2.45, 2.75) is 0 Å². The van der Waals surface area contributed by atoms with Crippen molar-refractivity contribution in [1.29, 1.82) is 0 Å². The van der Waals surface area contributed by atoms with Crippen molar-refractivity contribution < 1.29 is 4.79 Å². The fourth-order valence-electron chi connectivity index (χ4n) is 1.19. The van der Waals surface area contributed by atoms with Gasteiger partial charge in [0.1, 0.15) is 4.34 Å². The van der Waals surface area contributed by atoms with Crippen LogP contribution in [0.15, 0.2) is 36.4 Å². The third kappa shape index (κ3) is 2.23. The van der Waals surface area contributed by atoms with Crippen LogP contribution in [0.2, 0.25) is 9.36 Å². The lowest BCUT2D eigenvalue weighted by Gasteiger charge is -1.95. The Kier molecular flexibility index (Phi) is 3.10. The smallest absolute Gasteiger partial charge is 0.203 e. The molecule has 1 aromatic heterocycles. The van der Waals surface area contributed by atoms with Gasteiger partial charge in [-0.15, -0.1) is 11.3 Å². The van der Waals surface area contributed by atoms with Gasteiger partial charge >= 0.3 is 0 Å². The Hall–Kier alpha value is -0.830. The van der Waals surface area contributed by atoms with Gasteiger partial charge in [0.15, 0.2) is 0 Å². The second kappa shape index (κ2) is 4.35. The van der Waals surface area contributed by atoms with Crippen molar-refractivity contribution in [1.82, 2.24) is 0 Å². The molecule has 1 heterocycles. The number of carbonyl (C=O) groups excluding carboxylic acids is 1. The van der Waals surface area contributed by atoms with Crippen LogP contribution < -0.4 is 0 Å². The van der Waals surface area contributed by atoms with Crippen LogP contribution in [0.4, 0.5) is 0 Å². The zero-order valence-electron chi connectivity index (χ0n) is 7.54. The first-order chi connectivity index (χ1) is 7.18. The molecule has 0 radical (unpaired) electrons. The molecule has 0 bridgehead atoms. The molecule has 0 fully saturated rings. The molecular weight excluding hydrogens is 251 g/mol. The third-order valence-electron chi connectivity index (χ3n) is 1.90. The summed E-state index contributed by atoms with van der Waals surface area (Å²) in [7, 11) is 0. The van der Waals surface area contributed by atoms with Gasteiger partial charge in [-0.3, -0.25) is 4.79 Å². The highest BCUT2D eigenvalue weighted by Gasteiger charge is 2.13. The maximum absolute atomic E-state index is 11.9. The van der Waals surface area contributed by atoms with Crippen LogP contribution in [0.3, 0.4) is 0 Å².